The van der Waals surface area contributed by atoms with Crippen molar-refractivity contribution in [2.45, 2.75) is 6.92 Å². The van der Waals surface area contributed by atoms with Gasteiger partial charge < -0.3 is 4.74 Å². The lowest BCUT2D eigenvalue weighted by Crippen LogP contribution is -1.89. The van der Waals surface area contributed by atoms with E-state index in [1.807, 2.05) is 30.5 Å². The average molecular weight is 275 g/mol. The predicted molar refractivity (Wildman–Crippen MR) is 86.4 cm³/mol. The fourth-order valence-corrected chi connectivity index (χ4v) is 2.36. The summed E-state index contributed by atoms with van der Waals surface area (Å²) in [6.07, 6.45) is 1.84. The maximum Gasteiger partial charge on any atom is 0.126 e. The minimum atomic E-state index is 0.874. The number of aryl methyl sites for hydroxylation is 1. The molecule has 1 aromatic heterocycles. The average Bonchev–Trinajstić information content (AvgIpc) is 2.55. The maximum atomic E-state index is 5.44. The molecule has 2 nitrogen and oxygen atoms in total. The molecule has 1 heterocycles. The lowest BCUT2D eigenvalue weighted by molar-refractivity contribution is 0.416. The Bertz CT molecular complexity index is 748. The Morgan fingerprint density at radius 3 is 2.38 bits per heavy atom. The van der Waals surface area contributed by atoms with E-state index < -0.39 is 0 Å². The normalized spacial score (nSPS) is 10.4. The zero-order valence-corrected chi connectivity index (χ0v) is 12.2. The molecule has 3 rings (SSSR count). The minimum Gasteiger partial charge on any atom is -0.496 e. The second-order valence-electron chi connectivity index (χ2n) is 5.00. The summed E-state index contributed by atoms with van der Waals surface area (Å²) in [5.74, 6) is 0.874. The Kier molecular flexibility index (Phi) is 3.69. The molecule has 0 aliphatic heterocycles. The van der Waals surface area contributed by atoms with Crippen LogP contribution >= 0.6 is 0 Å². The Hall–Kier alpha value is -2.61. The van der Waals surface area contributed by atoms with Crippen molar-refractivity contribution >= 4 is 0 Å². The molecule has 0 bridgehead atoms. The third-order valence-corrected chi connectivity index (χ3v) is 3.53. The van der Waals surface area contributed by atoms with Gasteiger partial charge in [0.05, 0.1) is 12.8 Å². The number of ether oxygens (including phenoxy) is 1. The molecule has 0 aliphatic rings. The molecule has 0 spiro atoms. The van der Waals surface area contributed by atoms with Crippen molar-refractivity contribution < 1.29 is 4.74 Å². The highest BCUT2D eigenvalue weighted by Crippen LogP contribution is 2.31. The molecule has 3 aromatic rings. The Morgan fingerprint density at radius 2 is 1.62 bits per heavy atom. The summed E-state index contributed by atoms with van der Waals surface area (Å²) in [6.45, 7) is 2.09. The van der Waals surface area contributed by atoms with Crippen LogP contribution in [0.5, 0.6) is 5.75 Å². The molecular weight excluding hydrogens is 258 g/mol. The van der Waals surface area contributed by atoms with E-state index in [4.69, 9.17) is 4.74 Å². The van der Waals surface area contributed by atoms with Gasteiger partial charge in [-0.3, -0.25) is 4.98 Å². The summed E-state index contributed by atoms with van der Waals surface area (Å²) in [7, 11) is 1.70. The minimum absolute atomic E-state index is 0.874. The number of hydrogen-bond donors (Lipinski definition) is 0. The Morgan fingerprint density at radius 1 is 0.857 bits per heavy atom. The number of nitrogens with zero attached hydrogens (tertiary/aromatic N) is 1. The van der Waals surface area contributed by atoms with Crippen molar-refractivity contribution in [3.63, 3.8) is 0 Å². The van der Waals surface area contributed by atoms with Crippen LogP contribution in [0.1, 0.15) is 5.56 Å². The van der Waals surface area contributed by atoms with Crippen molar-refractivity contribution in [2.24, 2.45) is 0 Å². The van der Waals surface area contributed by atoms with Gasteiger partial charge in [0.2, 0.25) is 0 Å². The summed E-state index contributed by atoms with van der Waals surface area (Å²) in [5, 5.41) is 0. The number of methoxy groups -OCH3 is 1. The molecule has 2 heteroatoms. The third-order valence-electron chi connectivity index (χ3n) is 3.53. The second-order valence-corrected chi connectivity index (χ2v) is 5.00. The molecule has 2 aromatic carbocycles. The SMILES string of the molecule is COc1ccccc1-c1ccnc(-c2ccc(C)cc2)c1. The summed E-state index contributed by atoms with van der Waals surface area (Å²) in [6, 6.07) is 20.5. The zero-order chi connectivity index (χ0) is 14.7. The highest BCUT2D eigenvalue weighted by molar-refractivity contribution is 5.74. The van der Waals surface area contributed by atoms with Crippen LogP contribution in [0.15, 0.2) is 66.9 Å². The second kappa shape index (κ2) is 5.80. The largest absolute Gasteiger partial charge is 0.496 e. The van der Waals surface area contributed by atoms with Crippen molar-refractivity contribution in [1.82, 2.24) is 4.98 Å². The molecule has 0 unspecified atom stereocenters. The lowest BCUT2D eigenvalue weighted by atomic mass is 10.0. The van der Waals surface area contributed by atoms with E-state index in [1.165, 1.54) is 5.56 Å². The summed E-state index contributed by atoms with van der Waals surface area (Å²) in [5.41, 5.74) is 5.53. The number of hydrogen-bond acceptors (Lipinski definition) is 2. The molecule has 104 valence electrons. The van der Waals surface area contributed by atoms with Gasteiger partial charge in [-0.1, -0.05) is 48.0 Å². The fraction of sp³-hybridized carbons (Fsp3) is 0.105. The van der Waals surface area contributed by atoms with Gasteiger partial charge in [0.15, 0.2) is 0 Å². The molecular formula is C19H17NO. The van der Waals surface area contributed by atoms with Crippen LogP contribution in [0.25, 0.3) is 22.4 Å². The van der Waals surface area contributed by atoms with Crippen LogP contribution in [0, 0.1) is 6.92 Å². The van der Waals surface area contributed by atoms with Gasteiger partial charge in [-0.2, -0.15) is 0 Å². The van der Waals surface area contributed by atoms with E-state index in [1.54, 1.807) is 7.11 Å². The molecule has 0 amide bonds. The number of benzene rings is 2. The van der Waals surface area contributed by atoms with E-state index in [9.17, 15) is 0 Å². The van der Waals surface area contributed by atoms with Gasteiger partial charge in [-0.15, -0.1) is 0 Å². The topological polar surface area (TPSA) is 22.1 Å². The first-order valence-corrected chi connectivity index (χ1v) is 6.94. The molecule has 0 N–H and O–H groups in total. The van der Waals surface area contributed by atoms with E-state index in [-0.39, 0.29) is 0 Å². The van der Waals surface area contributed by atoms with Gasteiger partial charge in [-0.05, 0) is 30.7 Å². The smallest absolute Gasteiger partial charge is 0.126 e. The first-order chi connectivity index (χ1) is 10.3. The van der Waals surface area contributed by atoms with Crippen molar-refractivity contribution in [2.75, 3.05) is 7.11 Å². The van der Waals surface area contributed by atoms with Gasteiger partial charge in [-0.25, -0.2) is 0 Å². The molecule has 0 saturated heterocycles. The predicted octanol–water partition coefficient (Wildman–Crippen LogP) is 4.73. The number of para-hydroxylation sites is 1. The third kappa shape index (κ3) is 2.79. The quantitative estimate of drug-likeness (QED) is 0.689. The summed E-state index contributed by atoms with van der Waals surface area (Å²) in [4.78, 5) is 4.48. The highest BCUT2D eigenvalue weighted by Gasteiger charge is 2.07. The molecule has 0 fully saturated rings. The van der Waals surface area contributed by atoms with Gasteiger partial charge in [0.25, 0.3) is 0 Å². The van der Waals surface area contributed by atoms with Crippen LogP contribution < -0.4 is 4.74 Å². The van der Waals surface area contributed by atoms with Crippen molar-refractivity contribution in [3.05, 3.63) is 72.4 Å². The van der Waals surface area contributed by atoms with E-state index in [0.717, 1.165) is 28.1 Å². The highest BCUT2D eigenvalue weighted by atomic mass is 16.5. The number of rotatable bonds is 3. The zero-order valence-electron chi connectivity index (χ0n) is 12.2. The lowest BCUT2D eigenvalue weighted by Gasteiger charge is -2.09. The summed E-state index contributed by atoms with van der Waals surface area (Å²) >= 11 is 0. The molecule has 0 aliphatic carbocycles. The first kappa shape index (κ1) is 13.4. The Balaban J connectivity index is 2.06. The van der Waals surface area contributed by atoms with E-state index >= 15 is 0 Å². The van der Waals surface area contributed by atoms with Crippen LogP contribution in [-0.2, 0) is 0 Å². The van der Waals surface area contributed by atoms with Crippen LogP contribution in [0.2, 0.25) is 0 Å². The van der Waals surface area contributed by atoms with Crippen molar-refractivity contribution in [1.29, 1.82) is 0 Å². The fourth-order valence-electron chi connectivity index (χ4n) is 2.36. The molecule has 0 atom stereocenters. The summed E-state index contributed by atoms with van der Waals surface area (Å²) < 4.78 is 5.44. The van der Waals surface area contributed by atoms with Crippen molar-refractivity contribution in [3.8, 4) is 28.1 Å². The standard InChI is InChI=1S/C19H17NO/c1-14-7-9-15(10-8-14)18-13-16(11-12-20-18)17-5-3-4-6-19(17)21-2/h3-13H,1-2H3. The first-order valence-electron chi connectivity index (χ1n) is 6.94. The van der Waals surface area contributed by atoms with Crippen LogP contribution in [0.3, 0.4) is 0 Å². The number of pyridine rings is 1. The monoisotopic (exact) mass is 275 g/mol. The van der Waals surface area contributed by atoms with Gasteiger partial charge in [0.1, 0.15) is 5.75 Å². The maximum absolute atomic E-state index is 5.44. The van der Waals surface area contributed by atoms with Crippen LogP contribution in [-0.4, -0.2) is 12.1 Å². The molecule has 21 heavy (non-hydrogen) atoms. The Labute approximate surface area is 125 Å². The van der Waals surface area contributed by atoms with E-state index in [2.05, 4.69) is 48.3 Å². The van der Waals surface area contributed by atoms with E-state index in [0.29, 0.717) is 0 Å². The molecule has 0 radical (unpaired) electrons. The van der Waals surface area contributed by atoms with Gasteiger partial charge in [0, 0.05) is 17.3 Å². The van der Waals surface area contributed by atoms with Gasteiger partial charge >= 0.3 is 0 Å². The number of aromatic nitrogens is 1. The molecule has 0 saturated carbocycles. The van der Waals surface area contributed by atoms with Crippen LogP contribution in [0.4, 0.5) is 0 Å².